The van der Waals surface area contributed by atoms with Gasteiger partial charge in [-0.2, -0.15) is 0 Å². The zero-order chi connectivity index (χ0) is 8.28. The summed E-state index contributed by atoms with van der Waals surface area (Å²) < 4.78 is 25.7. The summed E-state index contributed by atoms with van der Waals surface area (Å²) in [5.74, 6) is 0. The van der Waals surface area contributed by atoms with Crippen molar-refractivity contribution in [2.24, 2.45) is 0 Å². The number of rotatable bonds is 0. The summed E-state index contributed by atoms with van der Waals surface area (Å²) in [7, 11) is -2.88. The van der Waals surface area contributed by atoms with E-state index in [2.05, 4.69) is 0 Å². The van der Waals surface area contributed by atoms with Gasteiger partial charge in [0.25, 0.3) is 0 Å². The van der Waals surface area contributed by atoms with E-state index in [1.165, 1.54) is 43.6 Å². The van der Waals surface area contributed by atoms with E-state index in [1.54, 1.807) is 0 Å². The number of hydrogen-bond acceptors (Lipinski definition) is 3. The first-order chi connectivity index (χ1) is 4.27. The topological polar surface area (TPSA) is 54.4 Å². The summed E-state index contributed by atoms with van der Waals surface area (Å²) in [5.41, 5.74) is 0. The van der Waals surface area contributed by atoms with Crippen LogP contribution in [0.2, 0.25) is 0 Å². The van der Waals surface area contributed by atoms with Crippen molar-refractivity contribution in [3.63, 3.8) is 0 Å². The standard InChI is InChI=1S/C2H6.3Na.HO3PS/c1-2;;;;1-4-5(2)3/h1-2H3;;;;(H,2,3)/q;;;+1;. The molecule has 0 atom stereocenters. The molecule has 46 valence electrons. The molecular weight excluding hydrogens is 204 g/mol. The Labute approximate surface area is 115 Å². The van der Waals surface area contributed by atoms with E-state index in [4.69, 9.17) is 13.3 Å². The second-order valence-electron chi connectivity index (χ2n) is 0.305. The van der Waals surface area contributed by atoms with Crippen molar-refractivity contribution in [2.75, 3.05) is 0 Å². The molecule has 0 radical (unpaired) electrons. The Balaban J connectivity index is -0.0000000315. The van der Waals surface area contributed by atoms with Gasteiger partial charge >= 0.3 is 104 Å². The van der Waals surface area contributed by atoms with E-state index in [0.29, 0.717) is 0 Å². The number of hydrogen-bond donors (Lipinski definition) is 1. The summed E-state index contributed by atoms with van der Waals surface area (Å²) in [6.07, 6.45) is 0. The third-order valence-corrected chi connectivity index (χ3v) is 0.574. The van der Waals surface area contributed by atoms with Gasteiger partial charge in [-0.05, 0) is 0 Å². The molecule has 0 aliphatic rings. The van der Waals surface area contributed by atoms with Gasteiger partial charge in [0.2, 0.25) is 0 Å². The van der Waals surface area contributed by atoms with Crippen LogP contribution in [0.5, 0.6) is 0 Å². The Morgan fingerprint density at radius 3 is 1.50 bits per heavy atom. The van der Waals surface area contributed by atoms with Crippen molar-refractivity contribution < 1.29 is 42.9 Å². The van der Waals surface area contributed by atoms with Crippen LogP contribution in [-0.2, 0) is 19.0 Å². The van der Waals surface area contributed by atoms with Crippen molar-refractivity contribution in [3.05, 3.63) is 0 Å². The zero-order valence-corrected chi connectivity index (χ0v) is 14.8. The van der Waals surface area contributed by atoms with E-state index < -0.39 is 17.5 Å². The first kappa shape index (κ1) is 23.3. The average molecular weight is 211 g/mol. The van der Waals surface area contributed by atoms with Gasteiger partial charge in [0.05, 0.1) is 0 Å². The second kappa shape index (κ2) is 29.5. The van der Waals surface area contributed by atoms with Crippen LogP contribution in [0.1, 0.15) is 13.8 Å². The van der Waals surface area contributed by atoms with E-state index in [-0.39, 0.29) is 29.6 Å². The van der Waals surface area contributed by atoms with Crippen LogP contribution < -0.4 is 29.6 Å². The summed E-state index contributed by atoms with van der Waals surface area (Å²) in [6.45, 7) is 4.00. The molecule has 0 aromatic rings. The zero-order valence-electron chi connectivity index (χ0n) is 7.12. The van der Waals surface area contributed by atoms with Crippen LogP contribution in [-0.4, -0.2) is 48.2 Å². The molecule has 1 N–H and O–H groups in total. The molecule has 0 saturated heterocycles. The van der Waals surface area contributed by atoms with Gasteiger partial charge in [-0.25, -0.2) is 0 Å². The van der Waals surface area contributed by atoms with Gasteiger partial charge in [-0.15, -0.1) is 0 Å². The Kier molecular flexibility index (Phi) is 68.6. The summed E-state index contributed by atoms with van der Waals surface area (Å²) >= 11 is 2.89. The molecule has 0 spiro atoms. The molecule has 0 fully saturated rings. The van der Waals surface area contributed by atoms with Crippen LogP contribution >= 0.6 is 7.24 Å². The van der Waals surface area contributed by atoms with Crippen molar-refractivity contribution >= 4 is 61.1 Å². The molecule has 3 nitrogen and oxygen atoms in total. The molecule has 0 heterocycles. The molecule has 0 saturated carbocycles. The maximum atomic E-state index is 9.15. The van der Waals surface area contributed by atoms with E-state index >= 15 is 0 Å². The van der Waals surface area contributed by atoms with Crippen molar-refractivity contribution in [2.45, 2.75) is 13.8 Å². The van der Waals surface area contributed by atoms with E-state index in [0.717, 1.165) is 0 Å². The van der Waals surface area contributed by atoms with Crippen LogP contribution in [0.15, 0.2) is 0 Å². The summed E-state index contributed by atoms with van der Waals surface area (Å²) in [4.78, 5) is 0. The Morgan fingerprint density at radius 1 is 1.40 bits per heavy atom. The van der Waals surface area contributed by atoms with Crippen LogP contribution in [0, 0.1) is 0 Å². The average Bonchev–Trinajstić information content (AvgIpc) is 1.97. The molecule has 0 aliphatic heterocycles. The third kappa shape index (κ3) is 42.5. The molecule has 0 aromatic carbocycles. The molecular formula is C2H7Na3O3PS+. The molecule has 8 heteroatoms. The fourth-order valence-corrected chi connectivity index (χ4v) is 0. The Morgan fingerprint density at radius 2 is 1.50 bits per heavy atom. The quantitative estimate of drug-likeness (QED) is 0.216. The van der Waals surface area contributed by atoms with Gasteiger partial charge in [-0.1, -0.05) is 13.8 Å². The van der Waals surface area contributed by atoms with Gasteiger partial charge in [0.15, 0.2) is 0 Å². The molecule has 0 rings (SSSR count). The van der Waals surface area contributed by atoms with Crippen LogP contribution in [0.4, 0.5) is 0 Å². The minimum atomic E-state index is -2.16. The van der Waals surface area contributed by atoms with Crippen molar-refractivity contribution in [3.8, 4) is 0 Å². The van der Waals surface area contributed by atoms with Gasteiger partial charge in [0, 0.05) is 0 Å². The first-order valence-electron chi connectivity index (χ1n) is 2.71. The fraction of sp³-hybridized carbons (Fsp3) is 1.00. The van der Waals surface area contributed by atoms with E-state index in [1.807, 2.05) is 13.8 Å². The Hall–Kier alpha value is 3.34. The first-order valence-corrected chi connectivity index (χ1v) is 13.2. The monoisotopic (exact) mass is 211 g/mol. The fourth-order valence-electron chi connectivity index (χ4n) is 0. The van der Waals surface area contributed by atoms with Gasteiger partial charge in [-0.3, -0.25) is 0 Å². The normalized spacial score (nSPS) is 5.60. The summed E-state index contributed by atoms with van der Waals surface area (Å²) in [5, 5.41) is 0. The molecule has 0 aliphatic carbocycles. The van der Waals surface area contributed by atoms with Crippen LogP contribution in [0.25, 0.3) is 0 Å². The maximum absolute atomic E-state index is 9.15. The minimum absolute atomic E-state index is 0. The molecule has 0 amide bonds. The van der Waals surface area contributed by atoms with Crippen molar-refractivity contribution in [1.82, 2.24) is 0 Å². The third-order valence-electron chi connectivity index (χ3n) is 0.0638. The predicted molar refractivity (Wildman–Crippen MR) is 41.1 cm³/mol. The molecule has 0 bridgehead atoms. The Bertz CT molecular complexity index is 119. The predicted octanol–water partition coefficient (Wildman–Crippen LogP) is -2.10. The van der Waals surface area contributed by atoms with Crippen LogP contribution in [0.3, 0.4) is 0 Å². The second-order valence-corrected chi connectivity index (χ2v) is 2.30. The molecule has 0 unspecified atom stereocenters. The van der Waals surface area contributed by atoms with Gasteiger partial charge < -0.3 is 0 Å². The van der Waals surface area contributed by atoms with E-state index in [9.17, 15) is 0 Å². The van der Waals surface area contributed by atoms with Gasteiger partial charge in [0.1, 0.15) is 0 Å². The SMILES string of the molecule is CC.O=[P+]=[S-](=O)O.[Na+].[Na][Na]. The molecule has 10 heavy (non-hydrogen) atoms. The molecule has 0 aromatic heterocycles. The summed E-state index contributed by atoms with van der Waals surface area (Å²) in [6, 6.07) is 0. The van der Waals surface area contributed by atoms with Crippen molar-refractivity contribution in [1.29, 1.82) is 0 Å².